The van der Waals surface area contributed by atoms with E-state index in [1.54, 1.807) is 6.07 Å². The summed E-state index contributed by atoms with van der Waals surface area (Å²) in [6, 6.07) is 15.8. The van der Waals surface area contributed by atoms with Crippen LogP contribution in [0.4, 0.5) is 22.5 Å². The maximum Gasteiger partial charge on any atom is 0.267 e. The number of halogens is 1. The first-order chi connectivity index (χ1) is 22.6. The lowest BCUT2D eigenvalue weighted by atomic mass is 9.87. The van der Waals surface area contributed by atoms with Crippen molar-refractivity contribution in [3.05, 3.63) is 87.1 Å². The highest BCUT2D eigenvalue weighted by atomic mass is 35.5. The Hall–Kier alpha value is -4.39. The second-order valence-corrected chi connectivity index (χ2v) is 13.5. The number of carbonyl (C=O) groups is 3. The zero-order chi connectivity index (χ0) is 33.1. The van der Waals surface area contributed by atoms with E-state index in [1.807, 2.05) is 50.2 Å². The standard InChI is InChI=1S/C34H37ClN8O3S/c1-20-7-6-10-26(35)31(20)41-33(46)27-18-36-34(47-27)39-28-17-29(38-21(2)37-28)43-15-13-23(14-16-43)42(3)19-22-8-4-5-9-24(22)25-11-12-30(44)40-32(25)45/h4-10,17-18,23,25H,11-16,19H2,1-3H3,(H,41,46)(H,40,44,45)(H,36,37,38,39). The van der Waals surface area contributed by atoms with E-state index in [9.17, 15) is 14.4 Å². The van der Waals surface area contributed by atoms with Crippen LogP contribution in [-0.2, 0) is 16.1 Å². The predicted molar refractivity (Wildman–Crippen MR) is 185 cm³/mol. The maximum absolute atomic E-state index is 12.9. The summed E-state index contributed by atoms with van der Waals surface area (Å²) in [5.74, 6) is 1.11. The van der Waals surface area contributed by atoms with E-state index in [4.69, 9.17) is 16.6 Å². The normalized spacial score (nSPS) is 17.1. The molecule has 4 heterocycles. The molecule has 13 heteroatoms. The SMILES string of the molecule is Cc1nc(Nc2ncc(C(=O)Nc3c(C)cccc3Cl)s2)cc(N2CCC(N(C)Cc3ccccc3C3CCC(=O)NC3=O)CC2)n1. The fraction of sp³-hybridized carbons (Fsp3) is 0.353. The fourth-order valence-corrected chi connectivity index (χ4v) is 7.22. The van der Waals surface area contributed by atoms with Crippen molar-refractivity contribution in [3.8, 4) is 0 Å². The zero-order valence-corrected chi connectivity index (χ0v) is 28.1. The summed E-state index contributed by atoms with van der Waals surface area (Å²) in [6.45, 7) is 6.15. The number of aryl methyl sites for hydroxylation is 2. The molecule has 47 heavy (non-hydrogen) atoms. The van der Waals surface area contributed by atoms with Gasteiger partial charge in [-0.2, -0.15) is 0 Å². The molecule has 0 radical (unpaired) electrons. The predicted octanol–water partition coefficient (Wildman–Crippen LogP) is 5.82. The Morgan fingerprint density at radius 2 is 1.87 bits per heavy atom. The van der Waals surface area contributed by atoms with Crippen LogP contribution >= 0.6 is 22.9 Å². The van der Waals surface area contributed by atoms with Gasteiger partial charge in [0.15, 0.2) is 5.13 Å². The third kappa shape index (κ3) is 7.61. The molecule has 3 N–H and O–H groups in total. The number of nitrogens with one attached hydrogen (secondary N) is 3. The van der Waals surface area contributed by atoms with Crippen LogP contribution < -0.4 is 20.9 Å². The van der Waals surface area contributed by atoms with E-state index in [2.05, 4.69) is 48.8 Å². The second kappa shape index (κ2) is 14.2. The molecule has 6 rings (SSSR count). The molecule has 2 aliphatic rings. The van der Waals surface area contributed by atoms with Gasteiger partial charge in [-0.15, -0.1) is 0 Å². The lowest BCUT2D eigenvalue weighted by Gasteiger charge is -2.38. The molecule has 4 aromatic rings. The van der Waals surface area contributed by atoms with Crippen molar-refractivity contribution in [1.29, 1.82) is 0 Å². The zero-order valence-electron chi connectivity index (χ0n) is 26.5. The van der Waals surface area contributed by atoms with Crippen LogP contribution in [0.2, 0.25) is 5.02 Å². The lowest BCUT2D eigenvalue weighted by Crippen LogP contribution is -2.44. The minimum atomic E-state index is -0.297. The lowest BCUT2D eigenvalue weighted by molar-refractivity contribution is -0.134. The van der Waals surface area contributed by atoms with Gasteiger partial charge in [0.05, 0.1) is 22.8 Å². The minimum Gasteiger partial charge on any atom is -0.356 e. The van der Waals surface area contributed by atoms with E-state index in [0.29, 0.717) is 51.2 Å². The first-order valence-electron chi connectivity index (χ1n) is 15.7. The topological polar surface area (TPSA) is 132 Å². The molecule has 2 aliphatic heterocycles. The molecule has 0 saturated carbocycles. The van der Waals surface area contributed by atoms with Gasteiger partial charge in [-0.1, -0.05) is 59.3 Å². The summed E-state index contributed by atoms with van der Waals surface area (Å²) in [7, 11) is 2.14. The third-order valence-corrected chi connectivity index (χ3v) is 9.98. The van der Waals surface area contributed by atoms with Gasteiger partial charge in [-0.3, -0.25) is 24.6 Å². The Bertz CT molecular complexity index is 1790. The molecule has 2 aromatic carbocycles. The summed E-state index contributed by atoms with van der Waals surface area (Å²) in [6.07, 6.45) is 4.36. The monoisotopic (exact) mass is 672 g/mol. The van der Waals surface area contributed by atoms with Crippen molar-refractivity contribution < 1.29 is 14.4 Å². The molecule has 0 bridgehead atoms. The average molecular weight is 673 g/mol. The Balaban J connectivity index is 1.06. The molecule has 2 aromatic heterocycles. The van der Waals surface area contributed by atoms with Gasteiger partial charge in [0, 0.05) is 38.2 Å². The van der Waals surface area contributed by atoms with Gasteiger partial charge in [0.25, 0.3) is 5.91 Å². The number of hydrogen-bond acceptors (Lipinski definition) is 10. The number of imide groups is 1. The smallest absolute Gasteiger partial charge is 0.267 e. The number of para-hydroxylation sites is 1. The molecule has 3 amide bonds. The van der Waals surface area contributed by atoms with Crippen LogP contribution in [0, 0.1) is 13.8 Å². The number of hydrogen-bond donors (Lipinski definition) is 3. The summed E-state index contributed by atoms with van der Waals surface area (Å²) in [5.41, 5.74) is 3.59. The minimum absolute atomic E-state index is 0.198. The molecule has 1 unspecified atom stereocenters. The van der Waals surface area contributed by atoms with Gasteiger partial charge >= 0.3 is 0 Å². The molecular formula is C34H37ClN8O3S. The van der Waals surface area contributed by atoms with Crippen LogP contribution in [0.15, 0.2) is 54.7 Å². The van der Waals surface area contributed by atoms with Crippen molar-refractivity contribution in [3.63, 3.8) is 0 Å². The van der Waals surface area contributed by atoms with Gasteiger partial charge in [0.1, 0.15) is 22.3 Å². The van der Waals surface area contributed by atoms with E-state index >= 15 is 0 Å². The highest BCUT2D eigenvalue weighted by Crippen LogP contribution is 2.31. The van der Waals surface area contributed by atoms with Crippen molar-refractivity contribution in [2.45, 2.75) is 58.0 Å². The Morgan fingerprint density at radius 1 is 1.09 bits per heavy atom. The van der Waals surface area contributed by atoms with Crippen LogP contribution in [-0.4, -0.2) is 63.8 Å². The van der Waals surface area contributed by atoms with Crippen molar-refractivity contribution in [1.82, 2.24) is 25.2 Å². The number of benzene rings is 2. The molecule has 244 valence electrons. The van der Waals surface area contributed by atoms with Crippen molar-refractivity contribution in [2.75, 3.05) is 35.7 Å². The Morgan fingerprint density at radius 3 is 2.64 bits per heavy atom. The van der Waals surface area contributed by atoms with E-state index in [0.717, 1.165) is 55.0 Å². The third-order valence-electron chi connectivity index (χ3n) is 8.75. The van der Waals surface area contributed by atoms with E-state index in [-0.39, 0.29) is 23.6 Å². The van der Waals surface area contributed by atoms with Gasteiger partial charge < -0.3 is 15.5 Å². The molecule has 11 nitrogen and oxygen atoms in total. The summed E-state index contributed by atoms with van der Waals surface area (Å²) in [5, 5.41) is 9.66. The molecule has 0 aliphatic carbocycles. The first kappa shape index (κ1) is 32.5. The van der Waals surface area contributed by atoms with Crippen LogP contribution in [0.5, 0.6) is 0 Å². The average Bonchev–Trinajstić information content (AvgIpc) is 3.52. The molecule has 2 saturated heterocycles. The molecule has 2 fully saturated rings. The van der Waals surface area contributed by atoms with Crippen LogP contribution in [0.1, 0.15) is 63.8 Å². The summed E-state index contributed by atoms with van der Waals surface area (Å²) < 4.78 is 0. The number of piperidine rings is 2. The molecular weight excluding hydrogens is 636 g/mol. The number of carbonyl (C=O) groups excluding carboxylic acids is 3. The van der Waals surface area contributed by atoms with Crippen molar-refractivity contribution in [2.24, 2.45) is 0 Å². The number of aromatic nitrogens is 3. The highest BCUT2D eigenvalue weighted by molar-refractivity contribution is 7.17. The first-order valence-corrected chi connectivity index (χ1v) is 16.9. The number of thiazole rings is 1. The maximum atomic E-state index is 12.9. The Labute approximate surface area is 282 Å². The van der Waals surface area contributed by atoms with Crippen LogP contribution in [0.3, 0.4) is 0 Å². The van der Waals surface area contributed by atoms with Gasteiger partial charge in [-0.25, -0.2) is 15.0 Å². The largest absolute Gasteiger partial charge is 0.356 e. The molecule has 0 spiro atoms. The van der Waals surface area contributed by atoms with E-state index < -0.39 is 0 Å². The Kier molecular flexibility index (Phi) is 9.81. The second-order valence-electron chi connectivity index (χ2n) is 12.0. The molecule has 1 atom stereocenters. The van der Waals surface area contributed by atoms with E-state index in [1.165, 1.54) is 17.5 Å². The number of anilines is 4. The number of rotatable bonds is 9. The van der Waals surface area contributed by atoms with Crippen LogP contribution in [0.25, 0.3) is 0 Å². The quantitative estimate of drug-likeness (QED) is 0.188. The van der Waals surface area contributed by atoms with Gasteiger partial charge in [-0.05, 0) is 62.9 Å². The number of amides is 3. The van der Waals surface area contributed by atoms with Gasteiger partial charge in [0.2, 0.25) is 11.8 Å². The summed E-state index contributed by atoms with van der Waals surface area (Å²) in [4.78, 5) is 55.9. The van der Waals surface area contributed by atoms with Crippen molar-refractivity contribution >= 4 is 63.1 Å². The fourth-order valence-electron chi connectivity index (χ4n) is 6.23. The summed E-state index contributed by atoms with van der Waals surface area (Å²) >= 11 is 7.52. The highest BCUT2D eigenvalue weighted by Gasteiger charge is 2.30. The number of nitrogens with zero attached hydrogens (tertiary/aromatic N) is 5.